The molecule has 1 atom stereocenters. The van der Waals surface area contributed by atoms with Crippen molar-refractivity contribution in [3.8, 4) is 0 Å². The van der Waals surface area contributed by atoms with Crippen molar-refractivity contribution in [2.75, 3.05) is 32.0 Å². The molecule has 2 aliphatic heterocycles. The molecule has 3 rings (SSSR count). The Morgan fingerprint density at radius 3 is 2.72 bits per heavy atom. The van der Waals surface area contributed by atoms with Crippen molar-refractivity contribution in [2.45, 2.75) is 50.0 Å². The van der Waals surface area contributed by atoms with E-state index in [0.29, 0.717) is 18.6 Å². The molecule has 0 unspecified atom stereocenters. The minimum atomic E-state index is 0.207. The van der Waals surface area contributed by atoms with Crippen LogP contribution in [-0.4, -0.2) is 54.9 Å². The largest absolute Gasteiger partial charge is 0.377 e. The maximum absolute atomic E-state index is 12.1. The van der Waals surface area contributed by atoms with E-state index in [1.165, 1.54) is 18.4 Å². The number of piperidine rings is 1. The van der Waals surface area contributed by atoms with Crippen LogP contribution >= 0.6 is 11.8 Å². The molecular formula is C20H30N2O2S. The molecule has 0 radical (unpaired) electrons. The third-order valence-corrected chi connectivity index (χ3v) is 6.05. The van der Waals surface area contributed by atoms with E-state index in [1.54, 1.807) is 0 Å². The topological polar surface area (TPSA) is 41.6 Å². The van der Waals surface area contributed by atoms with Gasteiger partial charge in [-0.3, -0.25) is 4.79 Å². The van der Waals surface area contributed by atoms with E-state index in [2.05, 4.69) is 34.5 Å². The molecule has 1 N–H and O–H groups in total. The van der Waals surface area contributed by atoms with Crippen molar-refractivity contribution < 1.29 is 9.53 Å². The molecule has 0 spiro atoms. The van der Waals surface area contributed by atoms with Crippen molar-refractivity contribution in [3.05, 3.63) is 35.9 Å². The number of nitrogens with one attached hydrogen (secondary N) is 1. The van der Waals surface area contributed by atoms with Gasteiger partial charge in [0.25, 0.3) is 0 Å². The number of nitrogens with zero attached hydrogens (tertiary/aromatic N) is 1. The van der Waals surface area contributed by atoms with Gasteiger partial charge < -0.3 is 15.0 Å². The van der Waals surface area contributed by atoms with E-state index in [4.69, 9.17) is 4.74 Å². The highest BCUT2D eigenvalue weighted by atomic mass is 32.2. The first-order valence-electron chi connectivity index (χ1n) is 9.54. The molecular weight excluding hydrogens is 332 g/mol. The van der Waals surface area contributed by atoms with Gasteiger partial charge in [-0.1, -0.05) is 30.3 Å². The van der Waals surface area contributed by atoms with Gasteiger partial charge in [0.2, 0.25) is 5.91 Å². The molecule has 0 aliphatic carbocycles. The summed E-state index contributed by atoms with van der Waals surface area (Å²) < 4.78 is 5.72. The Morgan fingerprint density at radius 2 is 2.00 bits per heavy atom. The van der Waals surface area contributed by atoms with Crippen molar-refractivity contribution in [3.63, 3.8) is 0 Å². The maximum atomic E-state index is 12.1. The number of hydrogen-bond donors (Lipinski definition) is 1. The molecule has 25 heavy (non-hydrogen) atoms. The monoisotopic (exact) mass is 362 g/mol. The number of thioether (sulfide) groups is 1. The fourth-order valence-corrected chi connectivity index (χ4v) is 4.47. The van der Waals surface area contributed by atoms with Gasteiger partial charge in [0.15, 0.2) is 0 Å². The number of amides is 1. The quantitative estimate of drug-likeness (QED) is 0.722. The third-order valence-electron chi connectivity index (χ3n) is 5.02. The van der Waals surface area contributed by atoms with Crippen molar-refractivity contribution >= 4 is 17.7 Å². The summed E-state index contributed by atoms with van der Waals surface area (Å²) in [5, 5.41) is 3.22. The molecule has 2 fully saturated rings. The maximum Gasteiger partial charge on any atom is 0.221 e. The Labute approximate surface area is 155 Å². The lowest BCUT2D eigenvalue weighted by Crippen LogP contribution is -2.46. The third kappa shape index (κ3) is 6.65. The lowest BCUT2D eigenvalue weighted by Gasteiger charge is -2.33. The molecule has 1 amide bonds. The van der Waals surface area contributed by atoms with Gasteiger partial charge in [0.05, 0.1) is 6.10 Å². The standard InChI is InChI=1S/C20H30N2O2S/c23-20(10-14-25-16-17-5-2-1-3-6-17)21-18-8-11-22(12-9-18)15-19-7-4-13-24-19/h1-3,5-6,18-19H,4,7-16H2,(H,21,23)/t19-/m0/s1. The molecule has 1 aromatic carbocycles. The lowest BCUT2D eigenvalue weighted by atomic mass is 10.0. The Hall–Kier alpha value is -1.04. The van der Waals surface area contributed by atoms with Crippen LogP contribution in [0.1, 0.15) is 37.7 Å². The van der Waals surface area contributed by atoms with Crippen LogP contribution in [0, 0.1) is 0 Å². The molecule has 0 saturated carbocycles. The van der Waals surface area contributed by atoms with Crippen LogP contribution in [-0.2, 0) is 15.3 Å². The average molecular weight is 363 g/mol. The average Bonchev–Trinajstić information content (AvgIpc) is 3.14. The first kappa shape index (κ1) is 18.7. The van der Waals surface area contributed by atoms with Crippen molar-refractivity contribution in [2.24, 2.45) is 0 Å². The molecule has 0 aromatic heterocycles. The number of carbonyl (C=O) groups excluding carboxylic acids is 1. The summed E-state index contributed by atoms with van der Waals surface area (Å²) in [6.45, 7) is 4.15. The van der Waals surface area contributed by atoms with Crippen molar-refractivity contribution in [1.29, 1.82) is 0 Å². The number of hydrogen-bond acceptors (Lipinski definition) is 4. The second kappa shape index (κ2) is 10.2. The normalized spacial score (nSPS) is 22.2. The first-order chi connectivity index (χ1) is 12.3. The Bertz CT molecular complexity index is 512. The molecule has 2 heterocycles. The number of carbonyl (C=O) groups is 1. The minimum Gasteiger partial charge on any atom is -0.377 e. The van der Waals surface area contributed by atoms with Gasteiger partial charge in [-0.25, -0.2) is 0 Å². The molecule has 138 valence electrons. The summed E-state index contributed by atoms with van der Waals surface area (Å²) in [5.74, 6) is 2.08. The van der Waals surface area contributed by atoms with Crippen LogP contribution < -0.4 is 5.32 Å². The second-order valence-electron chi connectivity index (χ2n) is 7.07. The van der Waals surface area contributed by atoms with Gasteiger partial charge >= 0.3 is 0 Å². The molecule has 4 nitrogen and oxygen atoms in total. The fraction of sp³-hybridized carbons (Fsp3) is 0.650. The number of rotatable bonds is 8. The highest BCUT2D eigenvalue weighted by Crippen LogP contribution is 2.17. The lowest BCUT2D eigenvalue weighted by molar-refractivity contribution is -0.121. The zero-order valence-electron chi connectivity index (χ0n) is 15.0. The van der Waals surface area contributed by atoms with Crippen LogP contribution in [0.2, 0.25) is 0 Å². The van der Waals surface area contributed by atoms with E-state index in [0.717, 1.165) is 50.6 Å². The summed E-state index contributed by atoms with van der Waals surface area (Å²) in [6, 6.07) is 10.8. The Kier molecular flexibility index (Phi) is 7.64. The Morgan fingerprint density at radius 1 is 1.20 bits per heavy atom. The number of benzene rings is 1. The summed E-state index contributed by atoms with van der Waals surface area (Å²) in [7, 11) is 0. The summed E-state index contributed by atoms with van der Waals surface area (Å²) in [5.41, 5.74) is 1.33. The van der Waals surface area contributed by atoms with Crippen LogP contribution in [0.3, 0.4) is 0 Å². The molecule has 5 heteroatoms. The van der Waals surface area contributed by atoms with E-state index < -0.39 is 0 Å². The minimum absolute atomic E-state index is 0.207. The highest BCUT2D eigenvalue weighted by molar-refractivity contribution is 7.98. The summed E-state index contributed by atoms with van der Waals surface area (Å²) >= 11 is 1.83. The second-order valence-corrected chi connectivity index (χ2v) is 8.17. The fourth-order valence-electron chi connectivity index (χ4n) is 3.57. The van der Waals surface area contributed by atoms with Gasteiger partial charge in [-0.15, -0.1) is 0 Å². The van der Waals surface area contributed by atoms with E-state index in [9.17, 15) is 4.79 Å². The zero-order valence-corrected chi connectivity index (χ0v) is 15.8. The van der Waals surface area contributed by atoms with Gasteiger partial charge in [0, 0.05) is 50.2 Å². The zero-order chi connectivity index (χ0) is 17.3. The van der Waals surface area contributed by atoms with Crippen LogP contribution in [0.5, 0.6) is 0 Å². The van der Waals surface area contributed by atoms with E-state index in [1.807, 2.05) is 17.8 Å². The van der Waals surface area contributed by atoms with E-state index in [-0.39, 0.29) is 5.91 Å². The molecule has 2 aliphatic rings. The smallest absolute Gasteiger partial charge is 0.221 e. The van der Waals surface area contributed by atoms with Crippen LogP contribution in [0.25, 0.3) is 0 Å². The summed E-state index contributed by atoms with van der Waals surface area (Å²) in [4.78, 5) is 14.6. The van der Waals surface area contributed by atoms with Gasteiger partial charge in [-0.05, 0) is 31.2 Å². The highest BCUT2D eigenvalue weighted by Gasteiger charge is 2.24. The Balaban J connectivity index is 1.25. The van der Waals surface area contributed by atoms with Gasteiger partial charge in [0.1, 0.15) is 0 Å². The molecule has 0 bridgehead atoms. The number of ether oxygens (including phenoxy) is 1. The van der Waals surface area contributed by atoms with E-state index >= 15 is 0 Å². The predicted octanol–water partition coefficient (Wildman–Crippen LogP) is 3.07. The molecule has 2 saturated heterocycles. The predicted molar refractivity (Wildman–Crippen MR) is 104 cm³/mol. The first-order valence-corrected chi connectivity index (χ1v) is 10.7. The van der Waals surface area contributed by atoms with Gasteiger partial charge in [-0.2, -0.15) is 11.8 Å². The SMILES string of the molecule is O=C(CCSCc1ccccc1)NC1CCN(C[C@@H]2CCCO2)CC1. The van der Waals surface area contributed by atoms with Crippen LogP contribution in [0.4, 0.5) is 0 Å². The van der Waals surface area contributed by atoms with Crippen LogP contribution in [0.15, 0.2) is 30.3 Å². The summed E-state index contributed by atoms with van der Waals surface area (Å²) in [6.07, 6.45) is 5.60. The number of likely N-dealkylation sites (tertiary alicyclic amines) is 1. The van der Waals surface area contributed by atoms with Crippen molar-refractivity contribution in [1.82, 2.24) is 10.2 Å². The molecule has 1 aromatic rings.